The maximum atomic E-state index is 12.9. The highest BCUT2D eigenvalue weighted by Gasteiger charge is 2.33. The van der Waals surface area contributed by atoms with Gasteiger partial charge in [-0.25, -0.2) is 8.42 Å². The third kappa shape index (κ3) is 6.70. The van der Waals surface area contributed by atoms with Crippen molar-refractivity contribution in [3.63, 3.8) is 0 Å². The summed E-state index contributed by atoms with van der Waals surface area (Å²) in [5, 5.41) is 7.96. The molecular formula is C20H25ClN6O5S. The van der Waals surface area contributed by atoms with Gasteiger partial charge in [-0.15, -0.1) is 0 Å². The van der Waals surface area contributed by atoms with E-state index >= 15 is 0 Å². The fourth-order valence-corrected chi connectivity index (χ4v) is 4.85. The second-order valence-corrected chi connectivity index (χ2v) is 9.58. The molecule has 1 saturated heterocycles. The van der Waals surface area contributed by atoms with E-state index in [1.165, 1.54) is 17.0 Å². The van der Waals surface area contributed by atoms with E-state index in [9.17, 15) is 18.0 Å². The summed E-state index contributed by atoms with van der Waals surface area (Å²) in [6, 6.07) is 8.83. The van der Waals surface area contributed by atoms with Gasteiger partial charge in [-0.1, -0.05) is 23.7 Å². The van der Waals surface area contributed by atoms with Gasteiger partial charge in [0, 0.05) is 11.6 Å². The molecule has 1 aliphatic heterocycles. The molecule has 0 radical (unpaired) electrons. The van der Waals surface area contributed by atoms with Crippen LogP contribution < -0.4 is 21.5 Å². The van der Waals surface area contributed by atoms with Crippen LogP contribution in [0.1, 0.15) is 12.8 Å². The molecule has 0 unspecified atom stereocenters. The van der Waals surface area contributed by atoms with E-state index in [1.807, 2.05) is 0 Å². The monoisotopic (exact) mass is 496 g/mol. The number of sulfonamides is 1. The SMILES string of the molecule is NC(N)=NOCCNC(=O)CN1CCC[C@H](NS(=O)(=O)c2ccc3cc(Cl)ccc3c2)C1=O. The lowest BCUT2D eigenvalue weighted by Crippen LogP contribution is -2.54. The Hall–Kier alpha value is -3.09. The molecule has 33 heavy (non-hydrogen) atoms. The van der Waals surface area contributed by atoms with Crippen LogP contribution in [0.2, 0.25) is 5.02 Å². The van der Waals surface area contributed by atoms with E-state index in [2.05, 4.69) is 15.2 Å². The maximum absolute atomic E-state index is 12.9. The second-order valence-electron chi connectivity index (χ2n) is 7.43. The van der Waals surface area contributed by atoms with Gasteiger partial charge in [0.1, 0.15) is 12.6 Å². The fourth-order valence-electron chi connectivity index (χ4n) is 3.41. The predicted molar refractivity (Wildman–Crippen MR) is 124 cm³/mol. The summed E-state index contributed by atoms with van der Waals surface area (Å²) in [5.41, 5.74) is 10.2. The third-order valence-electron chi connectivity index (χ3n) is 4.93. The molecular weight excluding hydrogens is 472 g/mol. The Bertz CT molecular complexity index is 1170. The zero-order chi connectivity index (χ0) is 24.0. The molecule has 178 valence electrons. The molecule has 1 aliphatic rings. The number of rotatable bonds is 9. The van der Waals surface area contributed by atoms with Crippen LogP contribution in [0, 0.1) is 0 Å². The number of guanidine groups is 1. The Morgan fingerprint density at radius 3 is 2.70 bits per heavy atom. The smallest absolute Gasteiger partial charge is 0.241 e. The van der Waals surface area contributed by atoms with Gasteiger partial charge in [0.05, 0.1) is 18.0 Å². The number of oxime groups is 1. The van der Waals surface area contributed by atoms with Crippen molar-refractivity contribution in [1.29, 1.82) is 0 Å². The van der Waals surface area contributed by atoms with Crippen molar-refractivity contribution >= 4 is 50.2 Å². The number of carbonyl (C=O) groups is 2. The summed E-state index contributed by atoms with van der Waals surface area (Å²) < 4.78 is 28.3. The van der Waals surface area contributed by atoms with Crippen molar-refractivity contribution in [2.75, 3.05) is 26.2 Å². The minimum atomic E-state index is -3.95. The molecule has 1 heterocycles. The highest BCUT2D eigenvalue weighted by Crippen LogP contribution is 2.23. The molecule has 1 atom stereocenters. The summed E-state index contributed by atoms with van der Waals surface area (Å²) in [7, 11) is -3.95. The minimum Gasteiger partial charge on any atom is -0.391 e. The largest absolute Gasteiger partial charge is 0.391 e. The topological polar surface area (TPSA) is 169 Å². The molecule has 2 aromatic rings. The normalized spacial score (nSPS) is 16.5. The molecule has 0 aliphatic carbocycles. The van der Waals surface area contributed by atoms with E-state index in [-0.39, 0.29) is 30.6 Å². The molecule has 0 bridgehead atoms. The van der Waals surface area contributed by atoms with Crippen LogP contribution >= 0.6 is 11.6 Å². The first-order chi connectivity index (χ1) is 15.7. The standard InChI is InChI=1S/C20H25ClN6O5S/c21-15-5-3-14-11-16(6-4-13(14)10-15)33(30,31)26-17-2-1-8-27(19(17)29)12-18(28)24-7-9-32-25-20(22)23/h3-6,10-11,17,26H,1-2,7-9,12H2,(H,24,28)(H4,22,23,25)/t17-/m0/s1. The van der Waals surface area contributed by atoms with Crippen LogP contribution in [0.25, 0.3) is 10.8 Å². The molecule has 1 fully saturated rings. The number of hydrogen-bond acceptors (Lipinski definition) is 6. The van der Waals surface area contributed by atoms with Gasteiger partial charge in [-0.2, -0.15) is 4.72 Å². The number of nitrogens with one attached hydrogen (secondary N) is 2. The van der Waals surface area contributed by atoms with Crippen molar-refractivity contribution in [3.05, 3.63) is 41.4 Å². The third-order valence-corrected chi connectivity index (χ3v) is 6.64. The van der Waals surface area contributed by atoms with Crippen LogP contribution in [-0.2, 0) is 24.4 Å². The lowest BCUT2D eigenvalue weighted by molar-refractivity contribution is -0.139. The van der Waals surface area contributed by atoms with Gasteiger partial charge in [-0.05, 0) is 53.0 Å². The average molecular weight is 497 g/mol. The van der Waals surface area contributed by atoms with Crippen LogP contribution in [-0.4, -0.2) is 63.4 Å². The van der Waals surface area contributed by atoms with E-state index < -0.39 is 27.9 Å². The lowest BCUT2D eigenvalue weighted by atomic mass is 10.1. The van der Waals surface area contributed by atoms with Gasteiger partial charge in [-0.3, -0.25) is 9.59 Å². The number of hydrogen-bond donors (Lipinski definition) is 4. The molecule has 3 rings (SSSR count). The zero-order valence-corrected chi connectivity index (χ0v) is 19.2. The first-order valence-corrected chi connectivity index (χ1v) is 12.0. The molecule has 2 aromatic carbocycles. The first kappa shape index (κ1) is 24.6. The number of benzene rings is 2. The molecule has 2 amide bonds. The number of fused-ring (bicyclic) bond motifs is 1. The second kappa shape index (κ2) is 10.7. The van der Waals surface area contributed by atoms with Crippen molar-refractivity contribution in [1.82, 2.24) is 14.9 Å². The Balaban J connectivity index is 1.59. The summed E-state index contributed by atoms with van der Waals surface area (Å²) in [6.07, 6.45) is 0.891. The van der Waals surface area contributed by atoms with E-state index in [1.54, 1.807) is 24.3 Å². The Morgan fingerprint density at radius 1 is 1.21 bits per heavy atom. The number of piperidine rings is 1. The number of likely N-dealkylation sites (tertiary alicyclic amines) is 1. The van der Waals surface area contributed by atoms with E-state index in [0.717, 1.165) is 5.39 Å². The van der Waals surface area contributed by atoms with Crippen LogP contribution in [0.3, 0.4) is 0 Å². The Morgan fingerprint density at radius 2 is 1.94 bits per heavy atom. The van der Waals surface area contributed by atoms with Crippen molar-refractivity contribution in [2.24, 2.45) is 16.6 Å². The summed E-state index contributed by atoms with van der Waals surface area (Å²) in [5.74, 6) is -1.10. The zero-order valence-electron chi connectivity index (χ0n) is 17.7. The molecule has 6 N–H and O–H groups in total. The predicted octanol–water partition coefficient (Wildman–Crippen LogP) is 0.0837. The fraction of sp³-hybridized carbons (Fsp3) is 0.350. The minimum absolute atomic E-state index is 0.0424. The quantitative estimate of drug-likeness (QED) is 0.165. The van der Waals surface area contributed by atoms with Crippen LogP contribution in [0.4, 0.5) is 0 Å². The lowest BCUT2D eigenvalue weighted by Gasteiger charge is -2.32. The van der Waals surface area contributed by atoms with Crippen molar-refractivity contribution in [3.8, 4) is 0 Å². The van der Waals surface area contributed by atoms with Gasteiger partial charge in [0.15, 0.2) is 0 Å². The number of amides is 2. The van der Waals surface area contributed by atoms with Gasteiger partial charge >= 0.3 is 0 Å². The number of carbonyl (C=O) groups excluding carboxylic acids is 2. The molecule has 13 heteroatoms. The van der Waals surface area contributed by atoms with Gasteiger partial charge in [0.25, 0.3) is 0 Å². The summed E-state index contributed by atoms with van der Waals surface area (Å²) >= 11 is 5.97. The molecule has 0 spiro atoms. The highest BCUT2D eigenvalue weighted by atomic mass is 35.5. The number of nitrogens with zero attached hydrogens (tertiary/aromatic N) is 2. The molecule has 0 saturated carbocycles. The number of nitrogens with two attached hydrogens (primary N) is 2. The van der Waals surface area contributed by atoms with E-state index in [4.69, 9.17) is 27.9 Å². The first-order valence-electron chi connectivity index (χ1n) is 10.1. The highest BCUT2D eigenvalue weighted by molar-refractivity contribution is 7.89. The number of halogens is 1. The molecule has 0 aromatic heterocycles. The van der Waals surface area contributed by atoms with Gasteiger partial charge < -0.3 is 26.5 Å². The maximum Gasteiger partial charge on any atom is 0.241 e. The van der Waals surface area contributed by atoms with Crippen molar-refractivity contribution in [2.45, 2.75) is 23.8 Å². The molecule has 11 nitrogen and oxygen atoms in total. The Kier molecular flexibility index (Phi) is 7.95. The summed E-state index contributed by atoms with van der Waals surface area (Å²) in [6.45, 7) is 0.348. The van der Waals surface area contributed by atoms with Crippen molar-refractivity contribution < 1.29 is 22.8 Å². The van der Waals surface area contributed by atoms with Crippen LogP contribution in [0.5, 0.6) is 0 Å². The van der Waals surface area contributed by atoms with Gasteiger partial charge in [0.2, 0.25) is 27.8 Å². The average Bonchev–Trinajstić information content (AvgIpc) is 2.75. The van der Waals surface area contributed by atoms with Crippen LogP contribution in [0.15, 0.2) is 46.4 Å². The summed E-state index contributed by atoms with van der Waals surface area (Å²) in [4.78, 5) is 31.1. The Labute approximate surface area is 196 Å². The van der Waals surface area contributed by atoms with E-state index in [0.29, 0.717) is 29.8 Å².